The lowest BCUT2D eigenvalue weighted by atomic mass is 10.1. The largest absolute Gasteiger partial charge is 0.497 e. The summed E-state index contributed by atoms with van der Waals surface area (Å²) in [6.45, 7) is 10.9. The summed E-state index contributed by atoms with van der Waals surface area (Å²) in [5.74, 6) is -0.367. The Morgan fingerprint density at radius 1 is 1.28 bits per heavy atom. The van der Waals surface area contributed by atoms with Crippen LogP contribution in [0.2, 0.25) is 5.15 Å². The molecule has 1 saturated heterocycles. The smallest absolute Gasteiger partial charge is 0.411 e. The lowest BCUT2D eigenvalue weighted by Gasteiger charge is -2.28. The molecule has 0 unspecified atom stereocenters. The Kier molecular flexibility index (Phi) is 7.97. The molecule has 1 saturated carbocycles. The van der Waals surface area contributed by atoms with Crippen LogP contribution in [-0.4, -0.2) is 71.4 Å². The van der Waals surface area contributed by atoms with Gasteiger partial charge in [-0.3, -0.25) is 9.69 Å². The van der Waals surface area contributed by atoms with E-state index in [0.29, 0.717) is 17.6 Å². The summed E-state index contributed by atoms with van der Waals surface area (Å²) >= 11 is 6.27. The molecule has 0 radical (unpaired) electrons. The minimum Gasteiger partial charge on any atom is -0.497 e. The van der Waals surface area contributed by atoms with Gasteiger partial charge < -0.3 is 24.3 Å². The van der Waals surface area contributed by atoms with E-state index >= 15 is 0 Å². The van der Waals surface area contributed by atoms with Crippen molar-refractivity contribution in [3.05, 3.63) is 42.1 Å². The zero-order valence-electron chi connectivity index (χ0n) is 22.8. The molecule has 1 aromatic carbocycles. The topological polar surface area (TPSA) is 116 Å². The number of likely N-dealkylation sites (tertiary alicyclic amines) is 1. The summed E-state index contributed by atoms with van der Waals surface area (Å²) in [6.07, 6.45) is 0.881. The molecular weight excluding hydrogens is 526 g/mol. The number of rotatable bonds is 8. The summed E-state index contributed by atoms with van der Waals surface area (Å²) in [6, 6.07) is 6.15. The number of methoxy groups -OCH3 is 1. The molecule has 210 valence electrons. The van der Waals surface area contributed by atoms with Gasteiger partial charge in [0.05, 0.1) is 20.3 Å². The van der Waals surface area contributed by atoms with Crippen molar-refractivity contribution in [2.75, 3.05) is 20.3 Å². The summed E-state index contributed by atoms with van der Waals surface area (Å²) in [5.41, 5.74) is -1.98. The zero-order chi connectivity index (χ0) is 28.5. The number of carbonyl (C=O) groups excluding carboxylic acids is 3. The van der Waals surface area contributed by atoms with Gasteiger partial charge in [0.25, 0.3) is 0 Å². The number of amides is 2. The Bertz CT molecular complexity index is 1290. The van der Waals surface area contributed by atoms with Gasteiger partial charge in [-0.1, -0.05) is 17.7 Å². The number of ether oxygens (including phenoxy) is 4. The van der Waals surface area contributed by atoms with Crippen molar-refractivity contribution >= 4 is 40.3 Å². The number of hydrogen-bond donors (Lipinski definition) is 1. The molecule has 4 rings (SSSR count). The number of pyridine rings is 1. The van der Waals surface area contributed by atoms with E-state index in [9.17, 15) is 14.4 Å². The van der Waals surface area contributed by atoms with Crippen LogP contribution in [0.15, 0.2) is 36.9 Å². The van der Waals surface area contributed by atoms with Crippen LogP contribution in [0.1, 0.15) is 40.5 Å². The maximum absolute atomic E-state index is 13.6. The molecular formula is C28H34ClN3O7. The van der Waals surface area contributed by atoms with Crippen molar-refractivity contribution in [1.82, 2.24) is 15.2 Å². The van der Waals surface area contributed by atoms with E-state index in [1.165, 1.54) is 4.90 Å². The molecule has 4 atom stereocenters. The zero-order valence-corrected chi connectivity index (χ0v) is 23.5. The fourth-order valence-electron chi connectivity index (χ4n) is 4.77. The lowest BCUT2D eigenvalue weighted by molar-refractivity contribution is -0.149. The molecule has 10 nitrogen and oxygen atoms in total. The quantitative estimate of drug-likeness (QED) is 0.289. The maximum atomic E-state index is 13.6. The first kappa shape index (κ1) is 28.5. The first-order valence-corrected chi connectivity index (χ1v) is 13.2. The van der Waals surface area contributed by atoms with Gasteiger partial charge in [-0.25, -0.2) is 14.6 Å². The first-order chi connectivity index (χ1) is 18.4. The van der Waals surface area contributed by atoms with Gasteiger partial charge in [0.1, 0.15) is 34.2 Å². The van der Waals surface area contributed by atoms with Crippen LogP contribution in [0.25, 0.3) is 10.8 Å². The Morgan fingerprint density at radius 2 is 2.03 bits per heavy atom. The second-order valence-electron chi connectivity index (χ2n) is 10.7. The first-order valence-electron chi connectivity index (χ1n) is 12.8. The molecule has 1 aliphatic heterocycles. The Hall–Kier alpha value is -3.53. The predicted molar refractivity (Wildman–Crippen MR) is 145 cm³/mol. The minimum atomic E-state index is -1.20. The van der Waals surface area contributed by atoms with Crippen molar-refractivity contribution in [2.24, 2.45) is 5.92 Å². The van der Waals surface area contributed by atoms with Crippen LogP contribution in [0, 0.1) is 5.92 Å². The van der Waals surface area contributed by atoms with Crippen molar-refractivity contribution in [1.29, 1.82) is 0 Å². The standard InChI is InChI=1S/C28H34ClN3O7/c1-7-17-14-28(17,25(34)37-8-2)31-23(33)21-13-19(15-32(21)26(35)39-27(3,4)5)38-24-20-10-9-18(36-6)11-16(20)12-22(29)30-24/h7,9-12,17,19,21H,1,8,13-15H2,2-6H3,(H,31,33)/t17-,19-,21+,28-/m1/s1. The highest BCUT2D eigenvalue weighted by atomic mass is 35.5. The molecule has 1 aliphatic carbocycles. The molecule has 0 spiro atoms. The number of carbonyl (C=O) groups is 3. The van der Waals surface area contributed by atoms with Crippen molar-refractivity contribution in [3.8, 4) is 11.6 Å². The van der Waals surface area contributed by atoms with Gasteiger partial charge in [0.15, 0.2) is 0 Å². The van der Waals surface area contributed by atoms with Crippen molar-refractivity contribution in [3.63, 3.8) is 0 Å². The molecule has 11 heteroatoms. The lowest BCUT2D eigenvalue weighted by Crippen LogP contribution is -2.53. The van der Waals surface area contributed by atoms with Gasteiger partial charge in [-0.2, -0.15) is 0 Å². The number of nitrogens with zero attached hydrogens (tertiary/aromatic N) is 2. The Labute approximate surface area is 232 Å². The molecule has 1 N–H and O–H groups in total. The third-order valence-electron chi connectivity index (χ3n) is 6.73. The monoisotopic (exact) mass is 559 g/mol. The van der Waals surface area contributed by atoms with Gasteiger partial charge in [0.2, 0.25) is 11.8 Å². The average molecular weight is 560 g/mol. The van der Waals surface area contributed by atoms with Gasteiger partial charge >= 0.3 is 12.1 Å². The van der Waals surface area contributed by atoms with Gasteiger partial charge in [-0.15, -0.1) is 6.58 Å². The second-order valence-corrected chi connectivity index (χ2v) is 11.1. The third kappa shape index (κ3) is 6.06. The van der Waals surface area contributed by atoms with Crippen LogP contribution >= 0.6 is 11.6 Å². The molecule has 2 fully saturated rings. The fourth-order valence-corrected chi connectivity index (χ4v) is 4.96. The summed E-state index contributed by atoms with van der Waals surface area (Å²) in [4.78, 5) is 45.1. The second kappa shape index (κ2) is 10.9. The molecule has 2 amide bonds. The number of nitrogens with one attached hydrogen (secondary N) is 1. The summed E-state index contributed by atoms with van der Waals surface area (Å²) < 4.78 is 22.3. The van der Waals surface area contributed by atoms with E-state index in [0.717, 1.165) is 5.39 Å². The van der Waals surface area contributed by atoms with Gasteiger partial charge in [-0.05, 0) is 63.8 Å². The van der Waals surface area contributed by atoms with E-state index in [-0.39, 0.29) is 36.5 Å². The molecule has 2 heterocycles. The molecule has 1 aromatic heterocycles. The number of esters is 1. The Balaban J connectivity index is 1.60. The number of hydrogen-bond acceptors (Lipinski definition) is 8. The molecule has 2 aromatic rings. The van der Waals surface area contributed by atoms with Crippen molar-refractivity contribution in [2.45, 2.75) is 63.8 Å². The molecule has 2 aliphatic rings. The fraction of sp³-hybridized carbons (Fsp3) is 0.500. The van der Waals surface area contributed by atoms with Crippen LogP contribution < -0.4 is 14.8 Å². The molecule has 0 bridgehead atoms. The van der Waals surface area contributed by atoms with Crippen molar-refractivity contribution < 1.29 is 33.3 Å². The van der Waals surface area contributed by atoms with Gasteiger partial charge in [0, 0.05) is 17.7 Å². The van der Waals surface area contributed by atoms with E-state index in [2.05, 4.69) is 16.9 Å². The van der Waals surface area contributed by atoms with Crippen LogP contribution in [0.4, 0.5) is 4.79 Å². The third-order valence-corrected chi connectivity index (χ3v) is 6.92. The highest BCUT2D eigenvalue weighted by Crippen LogP contribution is 2.46. The maximum Gasteiger partial charge on any atom is 0.411 e. The summed E-state index contributed by atoms with van der Waals surface area (Å²) in [7, 11) is 1.57. The number of benzene rings is 1. The Morgan fingerprint density at radius 3 is 2.64 bits per heavy atom. The predicted octanol–water partition coefficient (Wildman–Crippen LogP) is 4.28. The van der Waals surface area contributed by atoms with E-state index in [4.69, 9.17) is 30.5 Å². The van der Waals surface area contributed by atoms with Crippen LogP contribution in [0.5, 0.6) is 11.6 Å². The molecule has 39 heavy (non-hydrogen) atoms. The number of aromatic nitrogens is 1. The normalized spacial score (nSPS) is 24.2. The summed E-state index contributed by atoms with van der Waals surface area (Å²) in [5, 5.41) is 4.53. The number of halogens is 1. The highest BCUT2D eigenvalue weighted by Gasteiger charge is 2.62. The van der Waals surface area contributed by atoms with Crippen LogP contribution in [0.3, 0.4) is 0 Å². The van der Waals surface area contributed by atoms with E-state index in [1.54, 1.807) is 53.0 Å². The van der Waals surface area contributed by atoms with E-state index < -0.39 is 41.3 Å². The number of fused-ring (bicyclic) bond motifs is 1. The van der Waals surface area contributed by atoms with E-state index in [1.807, 2.05) is 12.1 Å². The average Bonchev–Trinajstić information content (AvgIpc) is 3.41. The van der Waals surface area contributed by atoms with Crippen LogP contribution in [-0.2, 0) is 19.1 Å². The minimum absolute atomic E-state index is 0.0656. The SMILES string of the molecule is C=C[C@@H]1C[C@]1(NC(=O)[C@@H]1C[C@@H](Oc2nc(Cl)cc3cc(OC)ccc23)CN1C(=O)OC(C)(C)C)C(=O)OCC. The highest BCUT2D eigenvalue weighted by molar-refractivity contribution is 6.30.